The summed E-state index contributed by atoms with van der Waals surface area (Å²) in [6, 6.07) is 5.73. The molecule has 6 nitrogen and oxygen atoms in total. The highest BCUT2D eigenvalue weighted by molar-refractivity contribution is 7.89. The van der Waals surface area contributed by atoms with Crippen molar-refractivity contribution in [1.82, 2.24) is 4.31 Å². The molecule has 2 aromatic carbocycles. The summed E-state index contributed by atoms with van der Waals surface area (Å²) >= 11 is 5.88. The molecule has 27 heavy (non-hydrogen) atoms. The Morgan fingerprint density at radius 2 is 1.78 bits per heavy atom. The van der Waals surface area contributed by atoms with Crippen LogP contribution in [-0.4, -0.2) is 45.2 Å². The normalized spacial score (nSPS) is 11.5. The van der Waals surface area contributed by atoms with Crippen LogP contribution < -0.4 is 0 Å². The number of carbonyl (C=O) groups excluding carboxylic acids is 2. The van der Waals surface area contributed by atoms with Crippen LogP contribution in [0, 0.1) is 11.6 Å². The monoisotopic (exact) mass is 417 g/mol. The number of ether oxygens (including phenoxy) is 1. The van der Waals surface area contributed by atoms with Crippen molar-refractivity contribution in [2.45, 2.75) is 4.90 Å². The number of Topliss-reactive ketones (excluding diaryl/α,β-unsaturated/α-hetero) is 1. The Kier molecular flexibility index (Phi) is 6.30. The standard InChI is InChI=1S/C17H14ClF2NO5S/c1-21(2)27(24,25)16-7-10(3-5-13(16)18)17(23)26-9-15(22)12-8-11(19)4-6-14(12)20/h3-8H,9H2,1-2H3. The van der Waals surface area contributed by atoms with Gasteiger partial charge in [-0.25, -0.2) is 26.3 Å². The van der Waals surface area contributed by atoms with Gasteiger partial charge < -0.3 is 4.74 Å². The van der Waals surface area contributed by atoms with E-state index in [2.05, 4.69) is 0 Å². The maximum Gasteiger partial charge on any atom is 0.338 e. The Balaban J connectivity index is 2.19. The molecular formula is C17H14ClF2NO5S. The largest absolute Gasteiger partial charge is 0.454 e. The van der Waals surface area contributed by atoms with Crippen molar-refractivity contribution < 1.29 is 31.5 Å². The second-order valence-electron chi connectivity index (χ2n) is 5.56. The minimum absolute atomic E-state index is 0.0989. The average Bonchev–Trinajstić information content (AvgIpc) is 2.61. The summed E-state index contributed by atoms with van der Waals surface area (Å²) in [5, 5.41) is -0.0989. The second kappa shape index (κ2) is 8.12. The zero-order chi connectivity index (χ0) is 20.4. The number of nitrogens with zero attached hydrogens (tertiary/aromatic N) is 1. The van der Waals surface area contributed by atoms with Crippen molar-refractivity contribution in [3.63, 3.8) is 0 Å². The van der Waals surface area contributed by atoms with Crippen LogP contribution in [0.3, 0.4) is 0 Å². The van der Waals surface area contributed by atoms with Gasteiger partial charge >= 0.3 is 5.97 Å². The van der Waals surface area contributed by atoms with Crippen molar-refractivity contribution in [2.24, 2.45) is 0 Å². The minimum Gasteiger partial charge on any atom is -0.454 e. The second-order valence-corrected chi connectivity index (χ2v) is 8.08. The highest BCUT2D eigenvalue weighted by Gasteiger charge is 2.23. The lowest BCUT2D eigenvalue weighted by Gasteiger charge is -2.13. The molecule has 0 amide bonds. The summed E-state index contributed by atoms with van der Waals surface area (Å²) in [4.78, 5) is 23.7. The van der Waals surface area contributed by atoms with Crippen molar-refractivity contribution in [1.29, 1.82) is 0 Å². The van der Waals surface area contributed by atoms with Gasteiger partial charge in [-0.3, -0.25) is 4.79 Å². The average molecular weight is 418 g/mol. The van der Waals surface area contributed by atoms with Crippen molar-refractivity contribution in [3.8, 4) is 0 Å². The summed E-state index contributed by atoms with van der Waals surface area (Å²) in [5.74, 6) is -3.74. The van der Waals surface area contributed by atoms with Crippen molar-refractivity contribution in [2.75, 3.05) is 20.7 Å². The zero-order valence-corrected chi connectivity index (χ0v) is 15.8. The molecule has 0 radical (unpaired) electrons. The van der Waals surface area contributed by atoms with E-state index in [1.54, 1.807) is 0 Å². The van der Waals surface area contributed by atoms with E-state index in [9.17, 15) is 26.8 Å². The molecule has 0 aliphatic heterocycles. The molecule has 0 aliphatic carbocycles. The van der Waals surface area contributed by atoms with Crippen LogP contribution in [0.5, 0.6) is 0 Å². The van der Waals surface area contributed by atoms with Crippen LogP contribution >= 0.6 is 11.6 Å². The SMILES string of the molecule is CN(C)S(=O)(=O)c1cc(C(=O)OCC(=O)c2cc(F)ccc2F)ccc1Cl. The van der Waals surface area contributed by atoms with Crippen molar-refractivity contribution >= 4 is 33.4 Å². The molecule has 0 aromatic heterocycles. The van der Waals surface area contributed by atoms with Gasteiger partial charge in [0.2, 0.25) is 15.8 Å². The van der Waals surface area contributed by atoms with E-state index < -0.39 is 45.6 Å². The third-order valence-corrected chi connectivity index (χ3v) is 5.79. The highest BCUT2D eigenvalue weighted by atomic mass is 35.5. The lowest BCUT2D eigenvalue weighted by atomic mass is 10.1. The van der Waals surface area contributed by atoms with E-state index in [-0.39, 0.29) is 15.5 Å². The van der Waals surface area contributed by atoms with Gasteiger partial charge in [-0.05, 0) is 36.4 Å². The molecule has 0 N–H and O–H groups in total. The number of hydrogen-bond donors (Lipinski definition) is 0. The summed E-state index contributed by atoms with van der Waals surface area (Å²) in [6.45, 7) is -0.850. The first-order valence-corrected chi connectivity index (χ1v) is 9.23. The molecule has 0 bridgehead atoms. The molecule has 0 saturated heterocycles. The number of ketones is 1. The molecule has 0 saturated carbocycles. The first-order chi connectivity index (χ1) is 12.5. The first-order valence-electron chi connectivity index (χ1n) is 7.41. The van der Waals surface area contributed by atoms with Gasteiger partial charge in [-0.1, -0.05) is 11.6 Å². The quantitative estimate of drug-likeness (QED) is 0.533. The minimum atomic E-state index is -3.91. The summed E-state index contributed by atoms with van der Waals surface area (Å²) in [5.41, 5.74) is -0.734. The van der Waals surface area contributed by atoms with Crippen LogP contribution in [-0.2, 0) is 14.8 Å². The smallest absolute Gasteiger partial charge is 0.338 e. The predicted octanol–water partition coefficient (Wildman–Crippen LogP) is 2.91. The molecule has 0 unspecified atom stereocenters. The Bertz CT molecular complexity index is 1010. The fraction of sp³-hybridized carbons (Fsp3) is 0.176. The first kappa shape index (κ1) is 20.9. The fourth-order valence-electron chi connectivity index (χ4n) is 2.03. The summed E-state index contributed by atoms with van der Waals surface area (Å²) in [6.07, 6.45) is 0. The zero-order valence-electron chi connectivity index (χ0n) is 14.2. The Morgan fingerprint density at radius 3 is 2.41 bits per heavy atom. The van der Waals surface area contributed by atoms with Gasteiger partial charge in [0.15, 0.2) is 6.61 Å². The number of halogens is 3. The van der Waals surface area contributed by atoms with Crippen LogP contribution in [0.15, 0.2) is 41.3 Å². The van der Waals surface area contributed by atoms with E-state index in [4.69, 9.17) is 16.3 Å². The molecular weight excluding hydrogens is 404 g/mol. The van der Waals surface area contributed by atoms with E-state index >= 15 is 0 Å². The molecule has 0 atom stereocenters. The maximum absolute atomic E-state index is 13.6. The third kappa shape index (κ3) is 4.68. The van der Waals surface area contributed by atoms with Crippen LogP contribution in [0.1, 0.15) is 20.7 Å². The highest BCUT2D eigenvalue weighted by Crippen LogP contribution is 2.25. The van der Waals surface area contributed by atoms with Crippen LogP contribution in [0.2, 0.25) is 5.02 Å². The number of carbonyl (C=O) groups is 2. The molecule has 0 heterocycles. The molecule has 2 aromatic rings. The number of benzene rings is 2. The molecule has 0 aliphatic rings. The molecule has 144 valence electrons. The van der Waals surface area contributed by atoms with Gasteiger partial charge in [0, 0.05) is 14.1 Å². The topological polar surface area (TPSA) is 80.8 Å². The summed E-state index contributed by atoms with van der Waals surface area (Å²) < 4.78 is 56.8. The third-order valence-electron chi connectivity index (χ3n) is 3.49. The predicted molar refractivity (Wildman–Crippen MR) is 93.3 cm³/mol. The molecule has 2 rings (SSSR count). The van der Waals surface area contributed by atoms with Crippen LogP contribution in [0.25, 0.3) is 0 Å². The molecule has 0 fully saturated rings. The van der Waals surface area contributed by atoms with E-state index in [0.29, 0.717) is 6.07 Å². The number of hydrogen-bond acceptors (Lipinski definition) is 5. The Hall–Kier alpha value is -2.36. The van der Waals surface area contributed by atoms with Gasteiger partial charge in [0.25, 0.3) is 0 Å². The fourth-order valence-corrected chi connectivity index (χ4v) is 3.42. The molecule has 10 heteroatoms. The number of esters is 1. The van der Waals surface area contributed by atoms with Gasteiger partial charge in [-0.2, -0.15) is 0 Å². The Labute approximate surface area is 159 Å². The number of rotatable bonds is 6. The Morgan fingerprint density at radius 1 is 1.11 bits per heavy atom. The number of sulfonamides is 1. The van der Waals surface area contributed by atoms with Crippen molar-refractivity contribution in [3.05, 3.63) is 64.2 Å². The lowest BCUT2D eigenvalue weighted by Crippen LogP contribution is -2.23. The molecule has 0 spiro atoms. The van der Waals surface area contributed by atoms with Gasteiger partial charge in [-0.15, -0.1) is 0 Å². The maximum atomic E-state index is 13.6. The van der Waals surface area contributed by atoms with E-state index in [0.717, 1.165) is 22.5 Å². The lowest BCUT2D eigenvalue weighted by molar-refractivity contribution is 0.0473. The van der Waals surface area contributed by atoms with Gasteiger partial charge in [0.1, 0.15) is 16.5 Å². The van der Waals surface area contributed by atoms with E-state index in [1.165, 1.54) is 26.2 Å². The van der Waals surface area contributed by atoms with Crippen LogP contribution in [0.4, 0.5) is 8.78 Å². The van der Waals surface area contributed by atoms with Gasteiger partial charge in [0.05, 0.1) is 16.1 Å². The summed E-state index contributed by atoms with van der Waals surface area (Å²) in [7, 11) is -1.32. The van der Waals surface area contributed by atoms with E-state index in [1.807, 2.05) is 0 Å².